The lowest BCUT2D eigenvalue weighted by atomic mass is 10.2. The molecule has 0 bridgehead atoms. The van der Waals surface area contributed by atoms with Gasteiger partial charge in [0.1, 0.15) is 16.0 Å². The lowest BCUT2D eigenvalue weighted by Gasteiger charge is -2.19. The second kappa shape index (κ2) is 8.00. The van der Waals surface area contributed by atoms with E-state index in [4.69, 9.17) is 27.9 Å². The van der Waals surface area contributed by atoms with Gasteiger partial charge in [-0.3, -0.25) is 5.01 Å². The molecule has 0 atom stereocenters. The van der Waals surface area contributed by atoms with Crippen LogP contribution in [-0.4, -0.2) is 27.7 Å². The molecule has 0 amide bonds. The Morgan fingerprint density at radius 3 is 2.50 bits per heavy atom. The van der Waals surface area contributed by atoms with Gasteiger partial charge in [-0.25, -0.2) is 10.2 Å². The number of rotatable bonds is 5. The molecule has 0 aliphatic carbocycles. The summed E-state index contributed by atoms with van der Waals surface area (Å²) in [5.74, 6) is 1.49. The first-order chi connectivity index (χ1) is 13.6. The van der Waals surface area contributed by atoms with Gasteiger partial charge in [0.05, 0.1) is 35.5 Å². The number of halogens is 3. The summed E-state index contributed by atoms with van der Waals surface area (Å²) < 4.78 is 7.54. The zero-order chi connectivity index (χ0) is 19.7. The molecule has 0 fully saturated rings. The maximum atomic E-state index is 6.32. The van der Waals surface area contributed by atoms with Gasteiger partial charge in [-0.2, -0.15) is 5.10 Å². The van der Waals surface area contributed by atoms with Crippen LogP contribution >= 0.6 is 39.1 Å². The maximum Gasteiger partial charge on any atom is 0.177 e. The van der Waals surface area contributed by atoms with Crippen LogP contribution in [0.1, 0.15) is 11.1 Å². The number of hydrazone groups is 1. The van der Waals surface area contributed by atoms with Crippen LogP contribution in [0.3, 0.4) is 0 Å². The van der Waals surface area contributed by atoms with Gasteiger partial charge < -0.3 is 4.74 Å². The van der Waals surface area contributed by atoms with E-state index in [0.29, 0.717) is 32.7 Å². The van der Waals surface area contributed by atoms with Gasteiger partial charge in [-0.1, -0.05) is 41.4 Å². The summed E-state index contributed by atoms with van der Waals surface area (Å²) in [7, 11) is 1.64. The van der Waals surface area contributed by atoms with Crippen molar-refractivity contribution in [2.45, 2.75) is 6.54 Å². The number of aromatic nitrogens is 2. The molecule has 0 unspecified atom stereocenters. The summed E-state index contributed by atoms with van der Waals surface area (Å²) in [6.07, 6.45) is 1.71. The highest BCUT2D eigenvalue weighted by molar-refractivity contribution is 9.10. The Hall–Kier alpha value is -2.26. The first-order valence-corrected chi connectivity index (χ1v) is 9.80. The van der Waals surface area contributed by atoms with Crippen molar-refractivity contribution in [2.24, 2.45) is 5.10 Å². The quantitative estimate of drug-likeness (QED) is 0.573. The van der Waals surface area contributed by atoms with Crippen LogP contribution in [0.5, 0.6) is 5.75 Å². The lowest BCUT2D eigenvalue weighted by molar-refractivity contribution is 0.288. The molecule has 0 spiro atoms. The van der Waals surface area contributed by atoms with Crippen molar-refractivity contribution in [1.29, 1.82) is 0 Å². The number of hydrazine groups is 2. The van der Waals surface area contributed by atoms with Gasteiger partial charge in [0.15, 0.2) is 5.84 Å². The molecule has 4 rings (SSSR count). The van der Waals surface area contributed by atoms with E-state index in [1.807, 2.05) is 29.3 Å². The maximum absolute atomic E-state index is 6.32. The number of benzene rings is 2. The SMILES string of the molecule is COc1ccc(CN2NNN=C2c2cnn(-c3c(Cl)cccc3Cl)c2Br)cc1. The average molecular weight is 482 g/mol. The van der Waals surface area contributed by atoms with E-state index in [1.54, 1.807) is 36.2 Å². The zero-order valence-electron chi connectivity index (χ0n) is 14.7. The molecule has 1 aliphatic rings. The minimum absolute atomic E-state index is 0.502. The van der Waals surface area contributed by atoms with Crippen LogP contribution in [0, 0.1) is 0 Å². The molecule has 0 saturated heterocycles. The second-order valence-corrected chi connectivity index (χ2v) is 7.49. The highest BCUT2D eigenvalue weighted by Crippen LogP contribution is 2.32. The molecule has 2 aromatic carbocycles. The van der Waals surface area contributed by atoms with Gasteiger partial charge in [-0.15, -0.1) is 10.6 Å². The summed E-state index contributed by atoms with van der Waals surface area (Å²) in [4.78, 5) is 0. The van der Waals surface area contributed by atoms with Gasteiger partial charge in [0.25, 0.3) is 0 Å². The van der Waals surface area contributed by atoms with Crippen molar-refractivity contribution < 1.29 is 4.74 Å². The van der Waals surface area contributed by atoms with E-state index in [9.17, 15) is 0 Å². The Kier molecular flexibility index (Phi) is 5.45. The topological polar surface area (TPSA) is 66.7 Å². The van der Waals surface area contributed by atoms with E-state index in [2.05, 4.69) is 37.2 Å². The van der Waals surface area contributed by atoms with Gasteiger partial charge in [0, 0.05) is 0 Å². The summed E-state index contributed by atoms with van der Waals surface area (Å²) in [5.41, 5.74) is 8.28. The average Bonchev–Trinajstić information content (AvgIpc) is 3.29. The first kappa shape index (κ1) is 19.1. The van der Waals surface area contributed by atoms with Crippen molar-refractivity contribution in [1.82, 2.24) is 25.9 Å². The number of hydrogen-bond donors (Lipinski definition) is 2. The summed E-state index contributed by atoms with van der Waals surface area (Å²) in [6, 6.07) is 13.2. The predicted molar refractivity (Wildman–Crippen MR) is 113 cm³/mol. The van der Waals surface area contributed by atoms with Gasteiger partial charge >= 0.3 is 0 Å². The third-order valence-electron chi connectivity index (χ3n) is 4.20. The molecule has 0 radical (unpaired) electrons. The summed E-state index contributed by atoms with van der Waals surface area (Å²) in [6.45, 7) is 0.584. The Morgan fingerprint density at radius 1 is 1.11 bits per heavy atom. The fraction of sp³-hybridized carbons (Fsp3) is 0.111. The summed E-state index contributed by atoms with van der Waals surface area (Å²) >= 11 is 16.2. The highest BCUT2D eigenvalue weighted by atomic mass is 79.9. The van der Waals surface area contributed by atoms with Crippen LogP contribution in [0.4, 0.5) is 0 Å². The molecule has 10 heteroatoms. The number of ether oxygens (including phenoxy) is 1. The zero-order valence-corrected chi connectivity index (χ0v) is 17.8. The number of nitrogens with one attached hydrogen (secondary N) is 2. The number of nitrogens with zero attached hydrogens (tertiary/aromatic N) is 4. The molecular formula is C18H15BrCl2N6O. The van der Waals surface area contributed by atoms with Crippen LogP contribution in [0.15, 0.2) is 58.4 Å². The predicted octanol–water partition coefficient (Wildman–Crippen LogP) is 4.14. The first-order valence-electron chi connectivity index (χ1n) is 8.25. The highest BCUT2D eigenvalue weighted by Gasteiger charge is 2.25. The third-order valence-corrected chi connectivity index (χ3v) is 5.58. The van der Waals surface area contributed by atoms with Crippen LogP contribution < -0.4 is 15.8 Å². The Balaban J connectivity index is 1.62. The molecule has 2 N–H and O–H groups in total. The molecule has 2 heterocycles. The second-order valence-electron chi connectivity index (χ2n) is 5.92. The van der Waals surface area contributed by atoms with E-state index in [1.165, 1.54) is 0 Å². The van der Waals surface area contributed by atoms with Crippen molar-refractivity contribution >= 4 is 45.0 Å². The van der Waals surface area contributed by atoms with Crippen molar-refractivity contribution in [2.75, 3.05) is 7.11 Å². The standard InChI is InChI=1S/C18H15BrCl2N6O/c1-28-12-7-5-11(6-8-12)10-26-18(23-24-25-26)13-9-22-27(17(13)19)16-14(20)3-2-4-15(16)21/h2-9,24-25H,10H2,1H3. The van der Waals surface area contributed by atoms with Gasteiger partial charge in [0.2, 0.25) is 0 Å². The molecule has 144 valence electrons. The van der Waals surface area contributed by atoms with E-state index >= 15 is 0 Å². The largest absolute Gasteiger partial charge is 0.497 e. The normalized spacial score (nSPS) is 13.4. The number of para-hydroxylation sites is 1. The molecule has 0 saturated carbocycles. The Labute approximate surface area is 179 Å². The Bertz CT molecular complexity index is 1020. The van der Waals surface area contributed by atoms with Crippen LogP contribution in [-0.2, 0) is 6.54 Å². The molecule has 28 heavy (non-hydrogen) atoms. The fourth-order valence-electron chi connectivity index (χ4n) is 2.82. The summed E-state index contributed by atoms with van der Waals surface area (Å²) in [5, 5.41) is 11.7. The number of methoxy groups -OCH3 is 1. The van der Waals surface area contributed by atoms with Crippen molar-refractivity contribution in [3.63, 3.8) is 0 Å². The molecular weight excluding hydrogens is 467 g/mol. The fourth-order valence-corrected chi connectivity index (χ4v) is 3.92. The van der Waals surface area contributed by atoms with Crippen LogP contribution in [0.25, 0.3) is 5.69 Å². The minimum Gasteiger partial charge on any atom is -0.497 e. The lowest BCUT2D eigenvalue weighted by Crippen LogP contribution is -2.40. The van der Waals surface area contributed by atoms with Gasteiger partial charge in [-0.05, 0) is 45.8 Å². The molecule has 7 nitrogen and oxygen atoms in total. The number of amidine groups is 1. The monoisotopic (exact) mass is 480 g/mol. The van der Waals surface area contributed by atoms with Crippen molar-refractivity contribution in [3.05, 3.63) is 74.4 Å². The minimum atomic E-state index is 0.502. The Morgan fingerprint density at radius 2 is 1.82 bits per heavy atom. The van der Waals surface area contributed by atoms with E-state index < -0.39 is 0 Å². The van der Waals surface area contributed by atoms with Crippen LogP contribution in [0.2, 0.25) is 10.0 Å². The van der Waals surface area contributed by atoms with Crippen molar-refractivity contribution in [3.8, 4) is 11.4 Å². The molecule has 1 aliphatic heterocycles. The van der Waals surface area contributed by atoms with E-state index in [0.717, 1.165) is 16.9 Å². The van der Waals surface area contributed by atoms with E-state index in [-0.39, 0.29) is 0 Å². The molecule has 3 aromatic rings. The smallest absolute Gasteiger partial charge is 0.177 e. The molecule has 1 aromatic heterocycles. The number of hydrogen-bond acceptors (Lipinski definition) is 6. The third kappa shape index (κ3) is 3.56.